The summed E-state index contributed by atoms with van der Waals surface area (Å²) < 4.78 is 10.7. The van der Waals surface area contributed by atoms with Gasteiger partial charge in [0, 0.05) is 10.9 Å². The van der Waals surface area contributed by atoms with E-state index in [0.29, 0.717) is 12.4 Å². The van der Waals surface area contributed by atoms with E-state index in [1.54, 1.807) is 18.2 Å². The second kappa shape index (κ2) is 7.02. The van der Waals surface area contributed by atoms with Crippen molar-refractivity contribution in [2.24, 2.45) is 0 Å². The van der Waals surface area contributed by atoms with Crippen molar-refractivity contribution in [3.8, 4) is 17.6 Å². The first-order valence-electron chi connectivity index (χ1n) is 7.13. The maximum atomic E-state index is 12.3. The third-order valence-corrected chi connectivity index (χ3v) is 4.12. The third kappa shape index (κ3) is 3.59. The molecule has 3 rings (SSSR count). The molecule has 0 unspecified atom stereocenters. The summed E-state index contributed by atoms with van der Waals surface area (Å²) in [5, 5.41) is 24.7. The predicted molar refractivity (Wildman–Crippen MR) is 90.6 cm³/mol. The molecule has 2 heterocycles. The zero-order chi connectivity index (χ0) is 17.8. The number of thiophene rings is 1. The highest BCUT2D eigenvalue weighted by molar-refractivity contribution is 7.10. The molecule has 0 spiro atoms. The molecule has 8 nitrogen and oxygen atoms in total. The van der Waals surface area contributed by atoms with Gasteiger partial charge in [0.05, 0.1) is 11.0 Å². The van der Waals surface area contributed by atoms with Crippen LogP contribution in [0.25, 0.3) is 6.08 Å². The van der Waals surface area contributed by atoms with E-state index in [0.717, 1.165) is 4.88 Å². The second-order valence-corrected chi connectivity index (χ2v) is 5.89. The van der Waals surface area contributed by atoms with Crippen molar-refractivity contribution in [1.82, 2.24) is 0 Å². The van der Waals surface area contributed by atoms with E-state index in [9.17, 15) is 20.2 Å². The number of anilines is 1. The van der Waals surface area contributed by atoms with E-state index in [4.69, 9.17) is 9.47 Å². The van der Waals surface area contributed by atoms with Gasteiger partial charge >= 0.3 is 0 Å². The molecule has 0 saturated heterocycles. The van der Waals surface area contributed by atoms with Crippen LogP contribution in [0.2, 0.25) is 0 Å². The van der Waals surface area contributed by atoms with Crippen molar-refractivity contribution in [3.05, 3.63) is 50.2 Å². The van der Waals surface area contributed by atoms with Crippen LogP contribution in [0, 0.1) is 21.4 Å². The molecule has 1 aliphatic heterocycles. The van der Waals surface area contributed by atoms with Gasteiger partial charge in [-0.05, 0) is 17.5 Å². The van der Waals surface area contributed by atoms with Crippen LogP contribution in [0.4, 0.5) is 11.4 Å². The van der Waals surface area contributed by atoms with Gasteiger partial charge in [-0.1, -0.05) is 6.07 Å². The van der Waals surface area contributed by atoms with Gasteiger partial charge < -0.3 is 14.8 Å². The van der Waals surface area contributed by atoms with Crippen molar-refractivity contribution in [2.45, 2.75) is 0 Å². The molecular formula is C16H11N3O5S. The Balaban J connectivity index is 1.92. The number of carbonyl (C=O) groups is 1. The van der Waals surface area contributed by atoms with E-state index in [-0.39, 0.29) is 29.3 Å². The number of benzene rings is 1. The molecule has 1 aliphatic rings. The largest absolute Gasteiger partial charge is 0.486 e. The number of amides is 1. The first kappa shape index (κ1) is 16.5. The molecule has 9 heteroatoms. The average Bonchev–Trinajstić information content (AvgIpc) is 3.12. The summed E-state index contributed by atoms with van der Waals surface area (Å²) in [7, 11) is 0. The molecule has 0 fully saturated rings. The number of nitrogens with zero attached hydrogens (tertiary/aromatic N) is 2. The quantitative estimate of drug-likeness (QED) is 0.389. The standard InChI is InChI=1S/C16H11N3O5S/c17-9-10(6-11-2-1-5-25-11)16(20)18-12-7-14-15(24-4-3-23-14)8-13(12)19(21)22/h1-2,5-8H,3-4H2,(H,18,20)/b10-6+. The Morgan fingerprint density at radius 3 is 2.68 bits per heavy atom. The Labute approximate surface area is 146 Å². The van der Waals surface area contributed by atoms with Crippen molar-refractivity contribution < 1.29 is 19.2 Å². The Bertz CT molecular complexity index is 899. The van der Waals surface area contributed by atoms with E-state index in [1.807, 2.05) is 5.38 Å². The molecule has 1 aromatic heterocycles. The van der Waals surface area contributed by atoms with Crippen molar-refractivity contribution in [3.63, 3.8) is 0 Å². The number of nitro benzene ring substituents is 1. The first-order valence-corrected chi connectivity index (χ1v) is 8.01. The average molecular weight is 357 g/mol. The smallest absolute Gasteiger partial charge is 0.296 e. The van der Waals surface area contributed by atoms with E-state index < -0.39 is 10.8 Å². The molecule has 126 valence electrons. The number of nitriles is 1. The van der Waals surface area contributed by atoms with Crippen molar-refractivity contribution >= 4 is 34.7 Å². The van der Waals surface area contributed by atoms with Crippen molar-refractivity contribution in [1.29, 1.82) is 5.26 Å². The fourth-order valence-electron chi connectivity index (χ4n) is 2.18. The van der Waals surface area contributed by atoms with Gasteiger partial charge in [-0.25, -0.2) is 0 Å². The molecule has 0 radical (unpaired) electrons. The number of hydrogen-bond acceptors (Lipinski definition) is 7. The van der Waals surface area contributed by atoms with E-state index >= 15 is 0 Å². The van der Waals surface area contributed by atoms with Crippen LogP contribution in [0.15, 0.2) is 35.2 Å². The number of carbonyl (C=O) groups excluding carboxylic acids is 1. The number of ether oxygens (including phenoxy) is 2. The lowest BCUT2D eigenvalue weighted by Gasteiger charge is -2.19. The second-order valence-electron chi connectivity index (χ2n) is 4.91. The van der Waals surface area contributed by atoms with Gasteiger partial charge in [-0.3, -0.25) is 14.9 Å². The summed E-state index contributed by atoms with van der Waals surface area (Å²) in [6.07, 6.45) is 1.42. The molecular weight excluding hydrogens is 346 g/mol. The molecule has 25 heavy (non-hydrogen) atoms. The summed E-state index contributed by atoms with van der Waals surface area (Å²) in [6, 6.07) is 7.86. The monoisotopic (exact) mass is 357 g/mol. The predicted octanol–water partition coefficient (Wildman–Crippen LogP) is 2.97. The van der Waals surface area contributed by atoms with Crippen LogP contribution >= 0.6 is 11.3 Å². The summed E-state index contributed by atoms with van der Waals surface area (Å²) >= 11 is 1.36. The number of nitrogens with one attached hydrogen (secondary N) is 1. The molecule has 1 amide bonds. The normalized spacial score (nSPS) is 13.0. The molecule has 2 aromatic rings. The number of hydrogen-bond donors (Lipinski definition) is 1. The molecule has 0 bridgehead atoms. The maximum Gasteiger partial charge on any atom is 0.296 e. The van der Waals surface area contributed by atoms with Crippen LogP contribution in [-0.4, -0.2) is 24.0 Å². The minimum atomic E-state index is -0.740. The molecule has 0 saturated carbocycles. The molecule has 1 aromatic carbocycles. The van der Waals surface area contributed by atoms with Crippen LogP contribution in [-0.2, 0) is 4.79 Å². The van der Waals surface area contributed by atoms with Crippen LogP contribution in [0.5, 0.6) is 11.5 Å². The zero-order valence-electron chi connectivity index (χ0n) is 12.7. The highest BCUT2D eigenvalue weighted by atomic mass is 32.1. The fourth-order valence-corrected chi connectivity index (χ4v) is 2.84. The lowest BCUT2D eigenvalue weighted by Crippen LogP contribution is -2.18. The number of rotatable bonds is 4. The highest BCUT2D eigenvalue weighted by Crippen LogP contribution is 2.39. The van der Waals surface area contributed by atoms with E-state index in [2.05, 4.69) is 5.32 Å². The van der Waals surface area contributed by atoms with E-state index in [1.165, 1.54) is 29.5 Å². The SMILES string of the molecule is N#C/C(=C\c1cccs1)C(=O)Nc1cc2c(cc1[N+](=O)[O-])OCCO2. The van der Waals surface area contributed by atoms with Crippen molar-refractivity contribution in [2.75, 3.05) is 18.5 Å². The summed E-state index contributed by atoms with van der Waals surface area (Å²) in [5.74, 6) is -0.200. The summed E-state index contributed by atoms with van der Waals surface area (Å²) in [4.78, 5) is 23.7. The first-order chi connectivity index (χ1) is 12.1. The van der Waals surface area contributed by atoms with Gasteiger partial charge in [0.2, 0.25) is 0 Å². The molecule has 1 N–H and O–H groups in total. The lowest BCUT2D eigenvalue weighted by molar-refractivity contribution is -0.384. The Morgan fingerprint density at radius 1 is 1.36 bits per heavy atom. The van der Waals surface area contributed by atoms with Gasteiger partial charge in [0.15, 0.2) is 11.5 Å². The Morgan fingerprint density at radius 2 is 2.08 bits per heavy atom. The van der Waals surface area contributed by atoms with Gasteiger partial charge in [-0.2, -0.15) is 5.26 Å². The summed E-state index contributed by atoms with van der Waals surface area (Å²) in [6.45, 7) is 0.595. The molecule has 0 atom stereocenters. The van der Waals surface area contributed by atoms with Gasteiger partial charge in [-0.15, -0.1) is 11.3 Å². The minimum Gasteiger partial charge on any atom is -0.486 e. The maximum absolute atomic E-state index is 12.3. The molecule has 0 aliphatic carbocycles. The summed E-state index contributed by atoms with van der Waals surface area (Å²) in [5.41, 5.74) is -0.566. The highest BCUT2D eigenvalue weighted by Gasteiger charge is 2.24. The number of nitro groups is 1. The minimum absolute atomic E-state index is 0.0634. The van der Waals surface area contributed by atoms with Crippen LogP contribution in [0.1, 0.15) is 4.88 Å². The zero-order valence-corrected chi connectivity index (χ0v) is 13.5. The van der Waals surface area contributed by atoms with Crippen LogP contribution in [0.3, 0.4) is 0 Å². The fraction of sp³-hybridized carbons (Fsp3) is 0.125. The van der Waals surface area contributed by atoms with Gasteiger partial charge in [0.25, 0.3) is 11.6 Å². The Kier molecular flexibility index (Phi) is 4.63. The van der Waals surface area contributed by atoms with Gasteiger partial charge in [0.1, 0.15) is 30.5 Å². The lowest BCUT2D eigenvalue weighted by atomic mass is 10.2. The van der Waals surface area contributed by atoms with Crippen LogP contribution < -0.4 is 14.8 Å². The Hall–Kier alpha value is -3.38. The third-order valence-electron chi connectivity index (χ3n) is 3.30. The number of fused-ring (bicyclic) bond motifs is 1. The topological polar surface area (TPSA) is 114 Å².